The van der Waals surface area contributed by atoms with Crippen LogP contribution in [0.25, 0.3) is 0 Å². The first-order chi connectivity index (χ1) is 29.4. The molecule has 0 aliphatic heterocycles. The fraction of sp³-hybridized carbons (Fsp3) is 0.944. The predicted octanol–water partition coefficient (Wildman–Crippen LogP) is 17.5. The Morgan fingerprint density at radius 1 is 0.317 bits per heavy atom. The van der Waals surface area contributed by atoms with Crippen LogP contribution in [0.4, 0.5) is 0 Å². The van der Waals surface area contributed by atoms with E-state index in [0.717, 1.165) is 63.7 Å². The van der Waals surface area contributed by atoms with Crippen LogP contribution in [0.2, 0.25) is 0 Å². The summed E-state index contributed by atoms with van der Waals surface area (Å²) >= 11 is 0. The molecule has 60 heavy (non-hydrogen) atoms. The summed E-state index contributed by atoms with van der Waals surface area (Å²) in [6.07, 6.45) is 50.9. The molecule has 0 aliphatic rings. The molecule has 6 nitrogen and oxygen atoms in total. The molecule has 0 amide bonds. The molecule has 0 N–H and O–H groups in total. The fourth-order valence-electron chi connectivity index (χ4n) is 8.22. The summed E-state index contributed by atoms with van der Waals surface area (Å²) in [5.74, 6) is -0.0262. The van der Waals surface area contributed by atoms with Gasteiger partial charge in [-0.15, -0.1) is 0 Å². The van der Waals surface area contributed by atoms with Crippen molar-refractivity contribution in [1.82, 2.24) is 0 Å². The van der Waals surface area contributed by atoms with Crippen molar-refractivity contribution in [3.05, 3.63) is 0 Å². The van der Waals surface area contributed by atoms with Crippen molar-refractivity contribution in [2.75, 3.05) is 13.2 Å². The third-order valence-corrected chi connectivity index (χ3v) is 12.3. The highest BCUT2D eigenvalue weighted by Crippen LogP contribution is 2.17. The number of unbranched alkanes of at least 4 members (excludes halogenated alkanes) is 36. The van der Waals surface area contributed by atoms with E-state index in [1.54, 1.807) is 0 Å². The molecule has 0 spiro atoms. The van der Waals surface area contributed by atoms with Crippen LogP contribution in [0, 0.1) is 5.92 Å². The molecule has 0 fully saturated rings. The summed E-state index contributed by atoms with van der Waals surface area (Å²) in [6.45, 7) is 9.02. The van der Waals surface area contributed by atoms with Crippen LogP contribution in [0.5, 0.6) is 0 Å². The molecule has 6 heteroatoms. The molecular formula is C54H104O6. The van der Waals surface area contributed by atoms with Gasteiger partial charge >= 0.3 is 17.9 Å². The average Bonchev–Trinajstić information content (AvgIpc) is 3.23. The Bertz CT molecular complexity index is 903. The zero-order valence-corrected chi connectivity index (χ0v) is 40.9. The normalized spacial score (nSPS) is 11.9. The van der Waals surface area contributed by atoms with E-state index in [1.807, 2.05) is 0 Å². The molecule has 1 atom stereocenters. The van der Waals surface area contributed by atoms with Crippen LogP contribution < -0.4 is 0 Å². The van der Waals surface area contributed by atoms with Gasteiger partial charge in [-0.25, -0.2) is 0 Å². The van der Waals surface area contributed by atoms with E-state index in [2.05, 4.69) is 27.7 Å². The Labute approximate surface area is 374 Å². The number of carbonyl (C=O) groups excluding carboxylic acids is 3. The van der Waals surface area contributed by atoms with E-state index in [0.29, 0.717) is 19.3 Å². The first-order valence-electron chi connectivity index (χ1n) is 26.9. The second kappa shape index (κ2) is 48.4. The number of ether oxygens (including phenoxy) is 3. The van der Waals surface area contributed by atoms with Gasteiger partial charge in [-0.1, -0.05) is 265 Å². The Morgan fingerprint density at radius 2 is 0.550 bits per heavy atom. The largest absolute Gasteiger partial charge is 0.462 e. The number of hydrogen-bond donors (Lipinski definition) is 0. The predicted molar refractivity (Wildman–Crippen MR) is 257 cm³/mol. The van der Waals surface area contributed by atoms with Gasteiger partial charge in [0.1, 0.15) is 13.2 Å². The molecule has 0 heterocycles. The summed E-state index contributed by atoms with van der Waals surface area (Å²) in [6, 6.07) is 0. The van der Waals surface area contributed by atoms with Gasteiger partial charge in [0.15, 0.2) is 6.10 Å². The Morgan fingerprint density at radius 3 is 0.817 bits per heavy atom. The summed E-state index contributed by atoms with van der Waals surface area (Å²) in [4.78, 5) is 38.0. The average molecular weight is 849 g/mol. The minimum absolute atomic E-state index is 0.0626. The SMILES string of the molecule is CCCCCCCCCCCCCCCCCCCC(=O)OC[C@H](COC(=O)CCCCCCCCCCCCCC)OC(=O)CCCCCCCCCCCCC(C)C. The lowest BCUT2D eigenvalue weighted by Gasteiger charge is -2.18. The highest BCUT2D eigenvalue weighted by molar-refractivity contribution is 5.71. The van der Waals surface area contributed by atoms with Crippen LogP contribution >= 0.6 is 0 Å². The molecule has 0 radical (unpaired) electrons. The maximum Gasteiger partial charge on any atom is 0.306 e. The molecule has 0 aliphatic carbocycles. The van der Waals surface area contributed by atoms with Crippen LogP contribution in [0.15, 0.2) is 0 Å². The highest BCUT2D eigenvalue weighted by atomic mass is 16.6. The van der Waals surface area contributed by atoms with Gasteiger partial charge in [0.2, 0.25) is 0 Å². The van der Waals surface area contributed by atoms with E-state index in [9.17, 15) is 14.4 Å². The molecule has 0 aromatic carbocycles. The van der Waals surface area contributed by atoms with Crippen LogP contribution in [0.3, 0.4) is 0 Å². The van der Waals surface area contributed by atoms with Gasteiger partial charge in [-0.05, 0) is 25.2 Å². The van der Waals surface area contributed by atoms with Crippen LogP contribution in [-0.4, -0.2) is 37.2 Å². The van der Waals surface area contributed by atoms with Gasteiger partial charge < -0.3 is 14.2 Å². The van der Waals surface area contributed by atoms with Crippen molar-refractivity contribution in [2.45, 2.75) is 310 Å². The van der Waals surface area contributed by atoms with Crippen molar-refractivity contribution >= 4 is 17.9 Å². The molecule has 0 unspecified atom stereocenters. The smallest absolute Gasteiger partial charge is 0.306 e. The Kier molecular flexibility index (Phi) is 47.2. The maximum absolute atomic E-state index is 12.8. The standard InChI is InChI=1S/C54H104O6/c1-5-7-9-11-13-15-17-19-20-21-22-23-25-30-34-38-42-46-53(56)59-49-51(48-58-52(55)45-41-37-33-29-24-18-16-14-12-10-8-6-2)60-54(57)47-43-39-35-31-27-26-28-32-36-40-44-50(3)4/h50-51H,5-49H2,1-4H3/t51-/m0/s1. The van der Waals surface area contributed by atoms with Crippen molar-refractivity contribution in [3.8, 4) is 0 Å². The van der Waals surface area contributed by atoms with Gasteiger partial charge in [0.05, 0.1) is 0 Å². The van der Waals surface area contributed by atoms with Gasteiger partial charge in [0.25, 0.3) is 0 Å². The van der Waals surface area contributed by atoms with E-state index < -0.39 is 6.10 Å². The molecule has 0 aromatic heterocycles. The lowest BCUT2D eigenvalue weighted by molar-refractivity contribution is -0.167. The molecule has 0 rings (SSSR count). The lowest BCUT2D eigenvalue weighted by Crippen LogP contribution is -2.30. The van der Waals surface area contributed by atoms with Crippen molar-refractivity contribution in [2.24, 2.45) is 5.92 Å². The Balaban J connectivity index is 4.28. The maximum atomic E-state index is 12.8. The molecule has 0 saturated heterocycles. The monoisotopic (exact) mass is 849 g/mol. The molecule has 0 aromatic rings. The second-order valence-electron chi connectivity index (χ2n) is 19.0. The minimum Gasteiger partial charge on any atom is -0.462 e. The summed E-state index contributed by atoms with van der Waals surface area (Å²) in [5, 5.41) is 0. The second-order valence-corrected chi connectivity index (χ2v) is 19.0. The van der Waals surface area contributed by atoms with E-state index in [1.165, 1.54) is 199 Å². The quantitative estimate of drug-likeness (QED) is 0.0345. The van der Waals surface area contributed by atoms with Gasteiger partial charge in [-0.2, -0.15) is 0 Å². The molecular weight excluding hydrogens is 745 g/mol. The highest BCUT2D eigenvalue weighted by Gasteiger charge is 2.19. The third-order valence-electron chi connectivity index (χ3n) is 12.3. The van der Waals surface area contributed by atoms with Crippen LogP contribution in [-0.2, 0) is 28.6 Å². The number of esters is 3. The topological polar surface area (TPSA) is 78.9 Å². The zero-order valence-electron chi connectivity index (χ0n) is 40.9. The number of carbonyl (C=O) groups is 3. The van der Waals surface area contributed by atoms with Crippen molar-refractivity contribution in [3.63, 3.8) is 0 Å². The van der Waals surface area contributed by atoms with Crippen LogP contribution in [0.1, 0.15) is 304 Å². The summed E-state index contributed by atoms with van der Waals surface area (Å²) in [7, 11) is 0. The summed E-state index contributed by atoms with van der Waals surface area (Å²) < 4.78 is 16.8. The molecule has 0 saturated carbocycles. The lowest BCUT2D eigenvalue weighted by atomic mass is 10.0. The first-order valence-corrected chi connectivity index (χ1v) is 26.9. The van der Waals surface area contributed by atoms with E-state index >= 15 is 0 Å². The van der Waals surface area contributed by atoms with Crippen molar-refractivity contribution < 1.29 is 28.6 Å². The van der Waals surface area contributed by atoms with Crippen molar-refractivity contribution in [1.29, 1.82) is 0 Å². The number of rotatable bonds is 49. The summed E-state index contributed by atoms with van der Waals surface area (Å²) in [5.41, 5.74) is 0. The van der Waals surface area contributed by atoms with Gasteiger partial charge in [-0.3, -0.25) is 14.4 Å². The first kappa shape index (κ1) is 58.4. The Hall–Kier alpha value is -1.59. The van der Waals surface area contributed by atoms with Gasteiger partial charge in [0, 0.05) is 19.3 Å². The minimum atomic E-state index is -0.761. The third kappa shape index (κ3) is 47.5. The van der Waals surface area contributed by atoms with E-state index in [4.69, 9.17) is 14.2 Å². The van der Waals surface area contributed by atoms with E-state index in [-0.39, 0.29) is 31.1 Å². The zero-order chi connectivity index (χ0) is 43.8. The number of hydrogen-bond acceptors (Lipinski definition) is 6. The molecule has 356 valence electrons. The fourth-order valence-corrected chi connectivity index (χ4v) is 8.22. The molecule has 0 bridgehead atoms.